The van der Waals surface area contributed by atoms with Gasteiger partial charge in [0.25, 0.3) is 5.91 Å². The fourth-order valence-corrected chi connectivity index (χ4v) is 2.76. The molecule has 0 unspecified atom stereocenters. The summed E-state index contributed by atoms with van der Waals surface area (Å²) < 4.78 is 14.7. The van der Waals surface area contributed by atoms with Crippen LogP contribution in [0.5, 0.6) is 0 Å². The minimum absolute atomic E-state index is 0.263. The van der Waals surface area contributed by atoms with Crippen LogP contribution in [0.1, 0.15) is 16.1 Å². The summed E-state index contributed by atoms with van der Waals surface area (Å²) in [5.41, 5.74) is 1.55. The van der Waals surface area contributed by atoms with Crippen molar-refractivity contribution in [2.45, 2.75) is 6.42 Å². The minimum atomic E-state index is -0.383. The van der Waals surface area contributed by atoms with Gasteiger partial charge in [0, 0.05) is 17.2 Å². The Bertz CT molecular complexity index is 645. The first-order valence-corrected chi connectivity index (χ1v) is 6.67. The predicted molar refractivity (Wildman–Crippen MR) is 73.7 cm³/mol. The molecule has 1 aliphatic heterocycles. The maximum atomic E-state index is 14.0. The molecule has 96 valence electrons. The summed E-state index contributed by atoms with van der Waals surface area (Å²) in [7, 11) is 0. The number of amides is 1. The molecule has 2 heterocycles. The number of hydrogen-bond acceptors (Lipinski definition) is 2. The molecule has 0 N–H and O–H groups in total. The van der Waals surface area contributed by atoms with Crippen LogP contribution in [-0.2, 0) is 6.42 Å². The van der Waals surface area contributed by atoms with Crippen LogP contribution in [0.15, 0.2) is 41.0 Å². The van der Waals surface area contributed by atoms with E-state index in [1.807, 2.05) is 6.07 Å². The summed E-state index contributed by atoms with van der Waals surface area (Å²) in [6, 6.07) is 8.35. The van der Waals surface area contributed by atoms with Crippen molar-refractivity contribution in [1.29, 1.82) is 0 Å². The second kappa shape index (κ2) is 4.74. The first-order valence-electron chi connectivity index (χ1n) is 5.87. The Balaban J connectivity index is 2.01. The van der Waals surface area contributed by atoms with Gasteiger partial charge in [0.1, 0.15) is 11.5 Å². The van der Waals surface area contributed by atoms with Crippen molar-refractivity contribution >= 4 is 27.5 Å². The Labute approximate surface area is 118 Å². The number of nitrogens with zero attached hydrogens (tertiary/aromatic N) is 2. The Morgan fingerprint density at radius 3 is 2.95 bits per heavy atom. The standard InChI is InChI=1S/C14H10BrFN2O/c15-10-7-9-4-6-18(13(9)11(16)8-10)14(19)12-3-1-2-5-17-12/h1-3,5,7-8H,4,6H2. The summed E-state index contributed by atoms with van der Waals surface area (Å²) in [6.07, 6.45) is 2.21. The van der Waals surface area contributed by atoms with Crippen LogP contribution >= 0.6 is 15.9 Å². The molecule has 0 bridgehead atoms. The molecule has 1 aromatic heterocycles. The quantitative estimate of drug-likeness (QED) is 0.808. The van der Waals surface area contributed by atoms with E-state index in [1.165, 1.54) is 11.0 Å². The lowest BCUT2D eigenvalue weighted by molar-refractivity contribution is 0.0984. The van der Waals surface area contributed by atoms with E-state index >= 15 is 0 Å². The van der Waals surface area contributed by atoms with E-state index in [0.717, 1.165) is 5.56 Å². The zero-order valence-electron chi connectivity index (χ0n) is 9.94. The average molecular weight is 321 g/mol. The van der Waals surface area contributed by atoms with Crippen molar-refractivity contribution in [2.75, 3.05) is 11.4 Å². The van der Waals surface area contributed by atoms with Gasteiger partial charge in [0.15, 0.2) is 0 Å². The maximum Gasteiger partial charge on any atom is 0.276 e. The van der Waals surface area contributed by atoms with Crippen molar-refractivity contribution in [3.05, 3.63) is 58.1 Å². The van der Waals surface area contributed by atoms with E-state index in [1.54, 1.807) is 24.4 Å². The number of hydrogen-bond donors (Lipinski definition) is 0. The van der Waals surface area contributed by atoms with Gasteiger partial charge in [-0.15, -0.1) is 0 Å². The lowest BCUT2D eigenvalue weighted by Crippen LogP contribution is -2.30. The molecule has 5 heteroatoms. The van der Waals surface area contributed by atoms with E-state index in [-0.39, 0.29) is 11.7 Å². The molecule has 1 aromatic carbocycles. The normalized spacial score (nSPS) is 13.5. The third kappa shape index (κ3) is 2.14. The fourth-order valence-electron chi connectivity index (χ4n) is 2.29. The van der Waals surface area contributed by atoms with Gasteiger partial charge in [-0.2, -0.15) is 0 Å². The molecule has 19 heavy (non-hydrogen) atoms. The van der Waals surface area contributed by atoms with Gasteiger partial charge in [0.2, 0.25) is 0 Å². The number of aromatic nitrogens is 1. The molecule has 2 aromatic rings. The number of pyridine rings is 1. The molecule has 0 saturated heterocycles. The predicted octanol–water partition coefficient (Wildman–Crippen LogP) is 3.19. The van der Waals surface area contributed by atoms with Gasteiger partial charge >= 0.3 is 0 Å². The van der Waals surface area contributed by atoms with Crippen molar-refractivity contribution in [1.82, 2.24) is 4.98 Å². The number of halogens is 2. The second-order valence-corrected chi connectivity index (χ2v) is 5.23. The largest absolute Gasteiger partial charge is 0.304 e. The lowest BCUT2D eigenvalue weighted by atomic mass is 10.1. The SMILES string of the molecule is O=C(c1ccccn1)N1CCc2cc(Br)cc(F)c21. The molecule has 3 rings (SSSR count). The second-order valence-electron chi connectivity index (χ2n) is 4.32. The molecule has 0 radical (unpaired) electrons. The molecule has 0 spiro atoms. The number of fused-ring (bicyclic) bond motifs is 1. The summed E-state index contributed by atoms with van der Waals surface area (Å²) >= 11 is 3.26. The van der Waals surface area contributed by atoms with E-state index in [2.05, 4.69) is 20.9 Å². The Hall–Kier alpha value is -1.75. The average Bonchev–Trinajstić information content (AvgIpc) is 2.83. The molecule has 1 aliphatic rings. The molecule has 3 nitrogen and oxygen atoms in total. The number of carbonyl (C=O) groups excluding carboxylic acids is 1. The summed E-state index contributed by atoms with van der Waals surface area (Å²) in [5.74, 6) is -0.647. The van der Waals surface area contributed by atoms with Gasteiger partial charge < -0.3 is 4.90 Å². The Kier molecular flexibility index (Phi) is 3.06. The van der Waals surface area contributed by atoms with Crippen molar-refractivity contribution in [3.8, 4) is 0 Å². The smallest absolute Gasteiger partial charge is 0.276 e. The third-order valence-corrected chi connectivity index (χ3v) is 3.57. The summed E-state index contributed by atoms with van der Waals surface area (Å²) in [4.78, 5) is 17.8. The highest BCUT2D eigenvalue weighted by Gasteiger charge is 2.29. The third-order valence-electron chi connectivity index (χ3n) is 3.11. The zero-order valence-corrected chi connectivity index (χ0v) is 11.5. The molecule has 0 saturated carbocycles. The number of rotatable bonds is 1. The summed E-state index contributed by atoms with van der Waals surface area (Å²) in [5, 5.41) is 0. The van der Waals surface area contributed by atoms with Crippen molar-refractivity contribution < 1.29 is 9.18 Å². The zero-order chi connectivity index (χ0) is 13.4. The van der Waals surface area contributed by atoms with Crippen LogP contribution in [0.2, 0.25) is 0 Å². The molecular formula is C14H10BrFN2O. The minimum Gasteiger partial charge on any atom is -0.304 e. The van der Waals surface area contributed by atoms with Crippen LogP contribution in [-0.4, -0.2) is 17.4 Å². The van der Waals surface area contributed by atoms with Gasteiger partial charge in [-0.3, -0.25) is 9.78 Å². The molecule has 1 amide bonds. The molecular weight excluding hydrogens is 311 g/mol. The van der Waals surface area contributed by atoms with Crippen LogP contribution in [0, 0.1) is 5.82 Å². The monoisotopic (exact) mass is 320 g/mol. The number of anilines is 1. The Morgan fingerprint density at radius 1 is 1.37 bits per heavy atom. The highest BCUT2D eigenvalue weighted by molar-refractivity contribution is 9.10. The lowest BCUT2D eigenvalue weighted by Gasteiger charge is -2.17. The van der Waals surface area contributed by atoms with Crippen molar-refractivity contribution in [2.24, 2.45) is 0 Å². The first kappa shape index (κ1) is 12.3. The summed E-state index contributed by atoms with van der Waals surface area (Å²) in [6.45, 7) is 0.484. The van der Waals surface area contributed by atoms with Crippen LogP contribution in [0.3, 0.4) is 0 Å². The van der Waals surface area contributed by atoms with Gasteiger partial charge in [0.05, 0.1) is 5.69 Å². The van der Waals surface area contributed by atoms with E-state index in [0.29, 0.717) is 28.8 Å². The highest BCUT2D eigenvalue weighted by atomic mass is 79.9. The van der Waals surface area contributed by atoms with Crippen LogP contribution in [0.25, 0.3) is 0 Å². The Morgan fingerprint density at radius 2 is 2.21 bits per heavy atom. The van der Waals surface area contributed by atoms with Crippen LogP contribution < -0.4 is 4.90 Å². The van der Waals surface area contributed by atoms with E-state index in [9.17, 15) is 9.18 Å². The highest BCUT2D eigenvalue weighted by Crippen LogP contribution is 2.34. The molecule has 0 aliphatic carbocycles. The van der Waals surface area contributed by atoms with Gasteiger partial charge in [-0.05, 0) is 36.2 Å². The van der Waals surface area contributed by atoms with Crippen molar-refractivity contribution in [3.63, 3.8) is 0 Å². The van der Waals surface area contributed by atoms with Crippen LogP contribution in [0.4, 0.5) is 10.1 Å². The molecule has 0 atom stereocenters. The van der Waals surface area contributed by atoms with Gasteiger partial charge in [-0.25, -0.2) is 4.39 Å². The van der Waals surface area contributed by atoms with Gasteiger partial charge in [-0.1, -0.05) is 22.0 Å². The van der Waals surface area contributed by atoms with E-state index in [4.69, 9.17) is 0 Å². The molecule has 0 fully saturated rings. The number of carbonyl (C=O) groups is 1. The topological polar surface area (TPSA) is 33.2 Å². The first-order chi connectivity index (χ1) is 9.16. The number of benzene rings is 1. The fraction of sp³-hybridized carbons (Fsp3) is 0.143. The van der Waals surface area contributed by atoms with E-state index < -0.39 is 0 Å². The maximum absolute atomic E-state index is 14.0.